The Morgan fingerprint density at radius 3 is 2.16 bits per heavy atom. The number of aryl methyl sites for hydroxylation is 1. The SMILES string of the molecule is CCOC(=O)C(CCc1ccccc1)N[C@@H](C)C(=O)N(CC(=O)OC(C)(C)C)C1C2CCCC1CCC2. The number of nitrogens with zero attached hydrogens (tertiary/aromatic N) is 1. The molecule has 0 radical (unpaired) electrons. The van der Waals surface area contributed by atoms with E-state index in [0.717, 1.165) is 31.2 Å². The van der Waals surface area contributed by atoms with Crippen molar-refractivity contribution in [2.45, 2.75) is 110 Å². The Hall–Kier alpha value is -2.41. The van der Waals surface area contributed by atoms with Crippen molar-refractivity contribution in [2.75, 3.05) is 13.2 Å². The molecule has 1 N–H and O–H groups in total. The van der Waals surface area contributed by atoms with Crippen molar-refractivity contribution >= 4 is 17.8 Å². The molecule has 2 aliphatic rings. The molecule has 1 aromatic rings. The van der Waals surface area contributed by atoms with E-state index < -0.39 is 17.7 Å². The van der Waals surface area contributed by atoms with E-state index in [-0.39, 0.29) is 37.0 Å². The first kappa shape index (κ1) is 29.2. The average Bonchev–Trinajstić information content (AvgIpc) is 2.83. The van der Waals surface area contributed by atoms with E-state index in [1.54, 1.807) is 18.7 Å². The zero-order chi connectivity index (χ0) is 27.0. The lowest BCUT2D eigenvalue weighted by molar-refractivity contribution is -0.163. The molecular formula is C30H46N2O5. The summed E-state index contributed by atoms with van der Waals surface area (Å²) >= 11 is 0. The van der Waals surface area contributed by atoms with Crippen LogP contribution in [0.3, 0.4) is 0 Å². The van der Waals surface area contributed by atoms with Crippen LogP contribution in [0.1, 0.15) is 85.1 Å². The third-order valence-corrected chi connectivity index (χ3v) is 7.59. The number of hydrogen-bond acceptors (Lipinski definition) is 6. The highest BCUT2D eigenvalue weighted by Gasteiger charge is 2.43. The summed E-state index contributed by atoms with van der Waals surface area (Å²) in [6.45, 7) is 9.31. The predicted molar refractivity (Wildman–Crippen MR) is 144 cm³/mol. The van der Waals surface area contributed by atoms with E-state index in [1.807, 2.05) is 51.1 Å². The number of fused-ring (bicyclic) bond motifs is 2. The van der Waals surface area contributed by atoms with E-state index in [2.05, 4.69) is 5.32 Å². The summed E-state index contributed by atoms with van der Waals surface area (Å²) in [6, 6.07) is 8.75. The summed E-state index contributed by atoms with van der Waals surface area (Å²) in [4.78, 5) is 41.5. The quantitative estimate of drug-likeness (QED) is 0.432. The molecule has 0 saturated heterocycles. The Balaban J connectivity index is 1.77. The minimum absolute atomic E-state index is 0.0390. The van der Waals surface area contributed by atoms with Crippen LogP contribution < -0.4 is 5.32 Å². The van der Waals surface area contributed by atoms with Crippen LogP contribution in [0.5, 0.6) is 0 Å². The summed E-state index contributed by atoms with van der Waals surface area (Å²) in [5.41, 5.74) is 0.504. The monoisotopic (exact) mass is 514 g/mol. The Morgan fingerprint density at radius 1 is 1.03 bits per heavy atom. The van der Waals surface area contributed by atoms with Gasteiger partial charge in [0.25, 0.3) is 0 Å². The highest BCUT2D eigenvalue weighted by Crippen LogP contribution is 2.43. The van der Waals surface area contributed by atoms with Gasteiger partial charge in [-0.05, 0) is 90.5 Å². The molecule has 206 valence electrons. The maximum absolute atomic E-state index is 14.0. The molecule has 37 heavy (non-hydrogen) atoms. The highest BCUT2D eigenvalue weighted by molar-refractivity contribution is 5.87. The van der Waals surface area contributed by atoms with Crippen molar-refractivity contribution in [2.24, 2.45) is 11.8 Å². The normalized spacial score (nSPS) is 23.0. The van der Waals surface area contributed by atoms with Gasteiger partial charge in [-0.15, -0.1) is 0 Å². The van der Waals surface area contributed by atoms with E-state index in [0.29, 0.717) is 24.7 Å². The summed E-state index contributed by atoms with van der Waals surface area (Å²) in [5, 5.41) is 3.26. The van der Waals surface area contributed by atoms with Gasteiger partial charge < -0.3 is 14.4 Å². The number of ether oxygens (including phenoxy) is 2. The third-order valence-electron chi connectivity index (χ3n) is 7.59. The number of nitrogens with one attached hydrogen (secondary N) is 1. The van der Waals surface area contributed by atoms with Crippen LogP contribution in [0.15, 0.2) is 30.3 Å². The standard InChI is InChI=1S/C30H46N2O5/c1-6-36-29(35)25(19-18-22-12-8-7-9-13-22)31-21(2)28(34)32(20-26(33)37-30(3,4)5)27-23-14-10-15-24(27)17-11-16-23/h7-9,12-13,21,23-25,27,31H,6,10-11,14-20H2,1-5H3/t21-,23?,24?,25?,27?/m0/s1. The maximum Gasteiger partial charge on any atom is 0.326 e. The summed E-state index contributed by atoms with van der Waals surface area (Å²) < 4.78 is 11.0. The number of rotatable bonds is 11. The highest BCUT2D eigenvalue weighted by atomic mass is 16.6. The molecule has 7 nitrogen and oxygen atoms in total. The van der Waals surface area contributed by atoms with Gasteiger partial charge in [-0.2, -0.15) is 0 Å². The number of esters is 2. The molecule has 0 spiro atoms. The minimum Gasteiger partial charge on any atom is -0.465 e. The Bertz CT molecular complexity index is 875. The Kier molecular flexibility index (Phi) is 10.6. The van der Waals surface area contributed by atoms with Crippen LogP contribution in [0, 0.1) is 11.8 Å². The van der Waals surface area contributed by atoms with Crippen molar-refractivity contribution < 1.29 is 23.9 Å². The van der Waals surface area contributed by atoms with Gasteiger partial charge in [0.05, 0.1) is 12.6 Å². The Morgan fingerprint density at radius 2 is 1.62 bits per heavy atom. The number of hydrogen-bond donors (Lipinski definition) is 1. The van der Waals surface area contributed by atoms with Crippen LogP contribution in [0.2, 0.25) is 0 Å². The largest absolute Gasteiger partial charge is 0.465 e. The van der Waals surface area contributed by atoms with E-state index in [1.165, 1.54) is 12.8 Å². The first-order valence-electron chi connectivity index (χ1n) is 14.1. The molecular weight excluding hydrogens is 468 g/mol. The average molecular weight is 515 g/mol. The van der Waals surface area contributed by atoms with Crippen LogP contribution in [0.4, 0.5) is 0 Å². The molecule has 1 amide bonds. The van der Waals surface area contributed by atoms with Gasteiger partial charge in [-0.25, -0.2) is 0 Å². The van der Waals surface area contributed by atoms with Gasteiger partial charge in [0, 0.05) is 6.04 Å². The molecule has 0 aliphatic heterocycles. The topological polar surface area (TPSA) is 84.9 Å². The second kappa shape index (κ2) is 13.4. The van der Waals surface area contributed by atoms with E-state index in [4.69, 9.17) is 9.47 Å². The predicted octanol–water partition coefficient (Wildman–Crippen LogP) is 4.67. The van der Waals surface area contributed by atoms with Crippen LogP contribution in [-0.2, 0) is 30.3 Å². The van der Waals surface area contributed by atoms with Crippen molar-refractivity contribution in [3.05, 3.63) is 35.9 Å². The third kappa shape index (κ3) is 8.56. The van der Waals surface area contributed by atoms with Gasteiger partial charge in [-0.1, -0.05) is 43.2 Å². The molecule has 0 aromatic heterocycles. The second-order valence-corrected chi connectivity index (χ2v) is 11.6. The molecule has 2 atom stereocenters. The van der Waals surface area contributed by atoms with Crippen molar-refractivity contribution in [1.29, 1.82) is 0 Å². The minimum atomic E-state index is -0.643. The number of carbonyl (C=O) groups excluding carboxylic acids is 3. The van der Waals surface area contributed by atoms with Gasteiger partial charge in [0.2, 0.25) is 5.91 Å². The van der Waals surface area contributed by atoms with Crippen LogP contribution in [-0.4, -0.2) is 59.6 Å². The van der Waals surface area contributed by atoms with Gasteiger partial charge in [0.1, 0.15) is 18.2 Å². The summed E-state index contributed by atoms with van der Waals surface area (Å²) in [7, 11) is 0. The Labute approximate surface area is 222 Å². The van der Waals surface area contributed by atoms with Crippen LogP contribution >= 0.6 is 0 Å². The number of benzene rings is 1. The lowest BCUT2D eigenvalue weighted by atomic mass is 9.67. The molecule has 2 bridgehead atoms. The van der Waals surface area contributed by atoms with Crippen molar-refractivity contribution in [3.63, 3.8) is 0 Å². The molecule has 1 aromatic carbocycles. The van der Waals surface area contributed by atoms with E-state index in [9.17, 15) is 14.4 Å². The lowest BCUT2D eigenvalue weighted by Gasteiger charge is -2.48. The van der Waals surface area contributed by atoms with Crippen molar-refractivity contribution in [3.8, 4) is 0 Å². The zero-order valence-electron chi connectivity index (χ0n) is 23.3. The van der Waals surface area contributed by atoms with Gasteiger partial charge >= 0.3 is 11.9 Å². The number of carbonyl (C=O) groups is 3. The smallest absolute Gasteiger partial charge is 0.326 e. The molecule has 3 rings (SSSR count). The van der Waals surface area contributed by atoms with Crippen LogP contribution in [0.25, 0.3) is 0 Å². The fraction of sp³-hybridized carbons (Fsp3) is 0.700. The molecule has 1 unspecified atom stereocenters. The second-order valence-electron chi connectivity index (χ2n) is 11.6. The summed E-state index contributed by atoms with van der Waals surface area (Å²) in [6.07, 6.45) is 7.91. The first-order valence-corrected chi connectivity index (χ1v) is 14.1. The molecule has 0 heterocycles. The maximum atomic E-state index is 14.0. The first-order chi connectivity index (χ1) is 17.6. The van der Waals surface area contributed by atoms with Crippen molar-refractivity contribution in [1.82, 2.24) is 10.2 Å². The zero-order valence-corrected chi connectivity index (χ0v) is 23.3. The fourth-order valence-corrected chi connectivity index (χ4v) is 6.08. The van der Waals surface area contributed by atoms with E-state index >= 15 is 0 Å². The molecule has 2 fully saturated rings. The lowest BCUT2D eigenvalue weighted by Crippen LogP contribution is -2.59. The van der Waals surface area contributed by atoms with Gasteiger partial charge in [0.15, 0.2) is 0 Å². The fourth-order valence-electron chi connectivity index (χ4n) is 6.08. The summed E-state index contributed by atoms with van der Waals surface area (Å²) in [5.74, 6) is -0.0762. The number of amides is 1. The molecule has 2 saturated carbocycles. The molecule has 7 heteroatoms. The van der Waals surface area contributed by atoms with Gasteiger partial charge in [-0.3, -0.25) is 19.7 Å². The molecule has 2 aliphatic carbocycles.